The van der Waals surface area contributed by atoms with E-state index in [9.17, 15) is 9.59 Å². The molecule has 2 aliphatic heterocycles. The Hall–Kier alpha value is -1.30. The largest absolute Gasteiger partial charge is 0.468 e. The maximum Gasteiger partial charge on any atom is 0.325 e. The molecule has 0 aromatic carbocycles. The molecule has 0 aliphatic carbocycles. The third kappa shape index (κ3) is 2.93. The van der Waals surface area contributed by atoms with Gasteiger partial charge in [-0.2, -0.15) is 0 Å². The predicted molar refractivity (Wildman–Crippen MR) is 66.1 cm³/mol. The molecule has 2 unspecified atom stereocenters. The van der Waals surface area contributed by atoms with Crippen LogP contribution in [0.2, 0.25) is 0 Å². The average Bonchev–Trinajstić information content (AvgIpc) is 2.71. The number of methoxy groups -OCH3 is 1. The molecule has 0 saturated carbocycles. The Balaban J connectivity index is 1.89. The van der Waals surface area contributed by atoms with Crippen molar-refractivity contribution in [2.45, 2.75) is 18.9 Å². The number of esters is 1. The lowest BCUT2D eigenvalue weighted by Crippen LogP contribution is -2.43. The van der Waals surface area contributed by atoms with Crippen LogP contribution in [0, 0.1) is 5.92 Å². The summed E-state index contributed by atoms with van der Waals surface area (Å²) in [5, 5.41) is 2.98. The second-order valence-electron chi connectivity index (χ2n) is 5.18. The minimum absolute atomic E-state index is 0.0430. The van der Waals surface area contributed by atoms with E-state index in [1.54, 1.807) is 0 Å². The Bertz CT molecular complexity index is 335. The lowest BCUT2D eigenvalue weighted by Gasteiger charge is -2.32. The van der Waals surface area contributed by atoms with E-state index in [0.29, 0.717) is 12.5 Å². The highest BCUT2D eigenvalue weighted by Gasteiger charge is 2.36. The normalized spacial score (nSPS) is 29.2. The number of carbonyl (C=O) groups is 2. The topological polar surface area (TPSA) is 61.9 Å². The fourth-order valence-electron chi connectivity index (χ4n) is 2.77. The van der Waals surface area contributed by atoms with Crippen LogP contribution < -0.4 is 5.32 Å². The quantitative estimate of drug-likeness (QED) is 0.715. The number of rotatable bonds is 3. The number of urea groups is 1. The number of nitrogens with zero attached hydrogens (tertiary/aromatic N) is 2. The van der Waals surface area contributed by atoms with Crippen molar-refractivity contribution in [2.75, 3.05) is 40.3 Å². The minimum Gasteiger partial charge on any atom is -0.468 e. The van der Waals surface area contributed by atoms with Gasteiger partial charge in [0.25, 0.3) is 0 Å². The molecule has 2 saturated heterocycles. The standard InChI is InChI=1S/C12H21N3O3/c1-14-5-3-4-9(6-14)10-7-15(12(17)13-10)8-11(16)18-2/h9-10H,3-8H2,1-2H3,(H,13,17). The summed E-state index contributed by atoms with van der Waals surface area (Å²) >= 11 is 0. The van der Waals surface area contributed by atoms with Crippen LogP contribution >= 0.6 is 0 Å². The Morgan fingerprint density at radius 1 is 1.50 bits per heavy atom. The van der Waals surface area contributed by atoms with Gasteiger partial charge in [0.1, 0.15) is 6.54 Å². The van der Waals surface area contributed by atoms with Gasteiger partial charge in [0.05, 0.1) is 13.2 Å². The summed E-state index contributed by atoms with van der Waals surface area (Å²) in [6.45, 7) is 2.79. The van der Waals surface area contributed by atoms with Crippen molar-refractivity contribution in [3.8, 4) is 0 Å². The lowest BCUT2D eigenvalue weighted by molar-refractivity contribution is -0.141. The fraction of sp³-hybridized carbons (Fsp3) is 0.833. The first kappa shape index (κ1) is 13.1. The highest BCUT2D eigenvalue weighted by atomic mass is 16.5. The third-order valence-corrected chi connectivity index (χ3v) is 3.79. The van der Waals surface area contributed by atoms with Crippen LogP contribution in [0.3, 0.4) is 0 Å². The van der Waals surface area contributed by atoms with Gasteiger partial charge >= 0.3 is 12.0 Å². The van der Waals surface area contributed by atoms with E-state index >= 15 is 0 Å². The fourth-order valence-corrected chi connectivity index (χ4v) is 2.77. The molecule has 6 heteroatoms. The smallest absolute Gasteiger partial charge is 0.325 e. The maximum absolute atomic E-state index is 11.8. The summed E-state index contributed by atoms with van der Waals surface area (Å²) in [7, 11) is 3.44. The Labute approximate surface area is 107 Å². The molecule has 6 nitrogen and oxygen atoms in total. The Kier molecular flexibility index (Phi) is 4.06. The molecule has 2 rings (SSSR count). The van der Waals surface area contributed by atoms with Crippen molar-refractivity contribution < 1.29 is 14.3 Å². The number of hydrogen-bond donors (Lipinski definition) is 1. The van der Waals surface area contributed by atoms with Gasteiger partial charge in [0.15, 0.2) is 0 Å². The summed E-state index contributed by atoms with van der Waals surface area (Å²) < 4.78 is 4.59. The van der Waals surface area contributed by atoms with Gasteiger partial charge in [-0.25, -0.2) is 4.79 Å². The Morgan fingerprint density at radius 3 is 2.94 bits per heavy atom. The highest BCUT2D eigenvalue weighted by molar-refractivity contribution is 5.82. The number of carbonyl (C=O) groups excluding carboxylic acids is 2. The molecule has 0 radical (unpaired) electrons. The summed E-state index contributed by atoms with van der Waals surface area (Å²) in [6.07, 6.45) is 2.31. The molecule has 2 fully saturated rings. The minimum atomic E-state index is -0.369. The zero-order valence-corrected chi connectivity index (χ0v) is 11.0. The second kappa shape index (κ2) is 5.56. The molecule has 102 valence electrons. The van der Waals surface area contributed by atoms with Crippen molar-refractivity contribution in [2.24, 2.45) is 5.92 Å². The number of hydrogen-bond acceptors (Lipinski definition) is 4. The molecule has 2 aliphatic rings. The van der Waals surface area contributed by atoms with Crippen LogP contribution in [-0.2, 0) is 9.53 Å². The lowest BCUT2D eigenvalue weighted by atomic mass is 9.91. The van der Waals surface area contributed by atoms with E-state index in [4.69, 9.17) is 0 Å². The number of ether oxygens (including phenoxy) is 1. The molecule has 0 bridgehead atoms. The van der Waals surface area contributed by atoms with E-state index < -0.39 is 0 Å². The molecule has 0 aromatic heterocycles. The number of nitrogens with one attached hydrogen (secondary N) is 1. The third-order valence-electron chi connectivity index (χ3n) is 3.79. The van der Waals surface area contributed by atoms with E-state index in [-0.39, 0.29) is 24.6 Å². The zero-order chi connectivity index (χ0) is 13.1. The summed E-state index contributed by atoms with van der Waals surface area (Å²) in [5.74, 6) is 0.113. The summed E-state index contributed by atoms with van der Waals surface area (Å²) in [5.41, 5.74) is 0. The maximum atomic E-state index is 11.8. The molecule has 18 heavy (non-hydrogen) atoms. The van der Waals surface area contributed by atoms with Crippen LogP contribution in [0.25, 0.3) is 0 Å². The highest BCUT2D eigenvalue weighted by Crippen LogP contribution is 2.22. The van der Waals surface area contributed by atoms with Crippen LogP contribution in [0.15, 0.2) is 0 Å². The first-order valence-electron chi connectivity index (χ1n) is 6.41. The van der Waals surface area contributed by atoms with Crippen molar-refractivity contribution in [1.29, 1.82) is 0 Å². The van der Waals surface area contributed by atoms with Crippen LogP contribution in [-0.4, -0.2) is 68.2 Å². The van der Waals surface area contributed by atoms with Crippen molar-refractivity contribution in [3.63, 3.8) is 0 Å². The monoisotopic (exact) mass is 255 g/mol. The van der Waals surface area contributed by atoms with Crippen LogP contribution in [0.1, 0.15) is 12.8 Å². The van der Waals surface area contributed by atoms with E-state index in [0.717, 1.165) is 19.5 Å². The van der Waals surface area contributed by atoms with Gasteiger partial charge in [-0.15, -0.1) is 0 Å². The van der Waals surface area contributed by atoms with Gasteiger partial charge in [0, 0.05) is 13.1 Å². The molecule has 0 aromatic rings. The first-order chi connectivity index (χ1) is 8.60. The molecule has 0 spiro atoms. The summed E-state index contributed by atoms with van der Waals surface area (Å²) in [4.78, 5) is 26.8. The number of amides is 2. The zero-order valence-electron chi connectivity index (χ0n) is 11.0. The molecular weight excluding hydrogens is 234 g/mol. The number of likely N-dealkylation sites (tertiary alicyclic amines) is 1. The van der Waals surface area contributed by atoms with E-state index in [1.165, 1.54) is 18.4 Å². The van der Waals surface area contributed by atoms with Crippen molar-refractivity contribution >= 4 is 12.0 Å². The van der Waals surface area contributed by atoms with Crippen molar-refractivity contribution in [1.82, 2.24) is 15.1 Å². The first-order valence-corrected chi connectivity index (χ1v) is 6.41. The van der Waals surface area contributed by atoms with Gasteiger partial charge in [-0.3, -0.25) is 4.79 Å². The Morgan fingerprint density at radius 2 is 2.28 bits per heavy atom. The summed E-state index contributed by atoms with van der Waals surface area (Å²) in [6, 6.07) is 0.00327. The predicted octanol–water partition coefficient (Wildman–Crippen LogP) is -0.105. The van der Waals surface area contributed by atoms with Gasteiger partial charge in [-0.05, 0) is 32.4 Å². The SMILES string of the molecule is COC(=O)CN1CC(C2CCCN(C)C2)NC1=O. The van der Waals surface area contributed by atoms with Gasteiger partial charge < -0.3 is 19.9 Å². The molecule has 1 N–H and O–H groups in total. The van der Waals surface area contributed by atoms with Gasteiger partial charge in [0.2, 0.25) is 0 Å². The molecule has 2 amide bonds. The number of piperidine rings is 1. The van der Waals surface area contributed by atoms with E-state index in [1.807, 2.05) is 0 Å². The molecule has 2 heterocycles. The van der Waals surface area contributed by atoms with Crippen LogP contribution in [0.4, 0.5) is 4.79 Å². The van der Waals surface area contributed by atoms with Crippen LogP contribution in [0.5, 0.6) is 0 Å². The van der Waals surface area contributed by atoms with Gasteiger partial charge in [-0.1, -0.05) is 0 Å². The second-order valence-corrected chi connectivity index (χ2v) is 5.18. The van der Waals surface area contributed by atoms with E-state index in [2.05, 4.69) is 22.0 Å². The molecule has 2 atom stereocenters. The molecular formula is C12H21N3O3. The van der Waals surface area contributed by atoms with Crippen molar-refractivity contribution in [3.05, 3.63) is 0 Å². The average molecular weight is 255 g/mol.